The van der Waals surface area contributed by atoms with Gasteiger partial charge in [0.15, 0.2) is 0 Å². The molecule has 0 saturated heterocycles. The summed E-state index contributed by atoms with van der Waals surface area (Å²) in [4.78, 5) is 11.6. The first-order chi connectivity index (χ1) is 6.45. The Hall–Kier alpha value is -0.960. The Morgan fingerprint density at radius 2 is 2.00 bits per heavy atom. The van der Waals surface area contributed by atoms with Crippen molar-refractivity contribution in [2.24, 2.45) is 0 Å². The normalized spacial score (nSPS) is 10.6. The van der Waals surface area contributed by atoms with Crippen molar-refractivity contribution in [3.8, 4) is 0 Å². The monoisotopic (exact) mass is 210 g/mol. The predicted octanol–water partition coefficient (Wildman–Crippen LogP) is 3.11. The lowest BCUT2D eigenvalue weighted by atomic mass is 9.97. The molecular weight excluding hydrogens is 196 g/mol. The summed E-state index contributed by atoms with van der Waals surface area (Å²) in [6.07, 6.45) is 0. The minimum absolute atomic E-state index is 0.293. The zero-order valence-electron chi connectivity index (χ0n) is 8.53. The maximum Gasteiger partial charge on any atom is 0.337 e. The number of aromatic carboxylic acids is 1. The van der Waals surface area contributed by atoms with Crippen LogP contribution in [0.15, 0.2) is 17.0 Å². The predicted molar refractivity (Wildman–Crippen MR) is 59.5 cm³/mol. The van der Waals surface area contributed by atoms with Crippen LogP contribution in [-0.2, 0) is 0 Å². The fraction of sp³-hybridized carbons (Fsp3) is 0.364. The van der Waals surface area contributed by atoms with E-state index in [-0.39, 0.29) is 0 Å². The van der Waals surface area contributed by atoms with Crippen molar-refractivity contribution in [1.82, 2.24) is 0 Å². The van der Waals surface area contributed by atoms with E-state index in [2.05, 4.69) is 12.6 Å². The summed E-state index contributed by atoms with van der Waals surface area (Å²) < 4.78 is 0. The Bertz CT molecular complexity index is 370. The summed E-state index contributed by atoms with van der Waals surface area (Å²) in [5.41, 5.74) is 2.06. The van der Waals surface area contributed by atoms with Crippen LogP contribution in [-0.4, -0.2) is 11.1 Å². The number of carboxylic acid groups (broad SMARTS) is 1. The van der Waals surface area contributed by atoms with Gasteiger partial charge in [0.2, 0.25) is 0 Å². The van der Waals surface area contributed by atoms with Gasteiger partial charge in [0.05, 0.1) is 5.56 Å². The zero-order valence-corrected chi connectivity index (χ0v) is 9.43. The maximum absolute atomic E-state index is 11.0. The van der Waals surface area contributed by atoms with Gasteiger partial charge < -0.3 is 5.11 Å². The van der Waals surface area contributed by atoms with Crippen molar-refractivity contribution in [1.29, 1.82) is 0 Å². The van der Waals surface area contributed by atoms with Gasteiger partial charge in [-0.1, -0.05) is 26.0 Å². The van der Waals surface area contributed by atoms with Crippen LogP contribution in [0.5, 0.6) is 0 Å². The quantitative estimate of drug-likeness (QED) is 0.736. The molecule has 0 aliphatic rings. The summed E-state index contributed by atoms with van der Waals surface area (Å²) in [6, 6.07) is 3.77. The van der Waals surface area contributed by atoms with E-state index in [1.165, 1.54) is 0 Å². The van der Waals surface area contributed by atoms with E-state index in [1.807, 2.05) is 26.0 Å². The molecule has 1 aromatic rings. The Balaban J connectivity index is 3.41. The Labute approximate surface area is 89.4 Å². The Kier molecular flexibility index (Phi) is 3.21. The molecule has 1 aromatic carbocycles. The number of carboxylic acids is 1. The highest BCUT2D eigenvalue weighted by atomic mass is 32.1. The largest absolute Gasteiger partial charge is 0.478 e. The van der Waals surface area contributed by atoms with Crippen molar-refractivity contribution in [2.75, 3.05) is 0 Å². The van der Waals surface area contributed by atoms with Gasteiger partial charge in [0.1, 0.15) is 0 Å². The van der Waals surface area contributed by atoms with Gasteiger partial charge in [-0.25, -0.2) is 4.79 Å². The fourth-order valence-corrected chi connectivity index (χ4v) is 2.05. The molecule has 0 spiro atoms. The lowest BCUT2D eigenvalue weighted by Gasteiger charge is -2.12. The number of rotatable bonds is 2. The lowest BCUT2D eigenvalue weighted by molar-refractivity contribution is 0.0692. The summed E-state index contributed by atoms with van der Waals surface area (Å²) >= 11 is 4.28. The molecular formula is C11H14O2S. The van der Waals surface area contributed by atoms with Crippen molar-refractivity contribution in [3.05, 3.63) is 28.8 Å². The molecule has 0 unspecified atom stereocenters. The Morgan fingerprint density at radius 3 is 2.43 bits per heavy atom. The molecule has 76 valence electrons. The third kappa shape index (κ3) is 1.93. The van der Waals surface area contributed by atoms with E-state index in [4.69, 9.17) is 5.11 Å². The first-order valence-corrected chi connectivity index (χ1v) is 4.95. The van der Waals surface area contributed by atoms with Crippen LogP contribution in [0.25, 0.3) is 0 Å². The van der Waals surface area contributed by atoms with E-state index >= 15 is 0 Å². The molecule has 0 amide bonds. The SMILES string of the molecule is Cc1ccc(C(C)C)c(S)c1C(=O)O. The smallest absolute Gasteiger partial charge is 0.337 e. The van der Waals surface area contributed by atoms with Crippen LogP contribution in [0, 0.1) is 6.92 Å². The summed E-state index contributed by atoms with van der Waals surface area (Å²) in [5.74, 6) is -0.615. The minimum atomic E-state index is -0.907. The van der Waals surface area contributed by atoms with Crippen LogP contribution in [0.2, 0.25) is 0 Å². The molecule has 0 aliphatic carbocycles. The van der Waals surface area contributed by atoms with Crippen LogP contribution in [0.4, 0.5) is 0 Å². The lowest BCUT2D eigenvalue weighted by Crippen LogP contribution is -2.04. The van der Waals surface area contributed by atoms with E-state index in [0.29, 0.717) is 16.4 Å². The van der Waals surface area contributed by atoms with Crippen LogP contribution >= 0.6 is 12.6 Å². The average molecular weight is 210 g/mol. The van der Waals surface area contributed by atoms with Gasteiger partial charge in [-0.15, -0.1) is 12.6 Å². The molecule has 0 heterocycles. The standard InChI is InChI=1S/C11H14O2S/c1-6(2)8-5-4-7(3)9(10(8)14)11(12)13/h4-6,14H,1-3H3,(H,12,13). The second-order valence-corrected chi connectivity index (χ2v) is 4.10. The molecule has 0 atom stereocenters. The summed E-state index contributed by atoms with van der Waals surface area (Å²) in [7, 11) is 0. The van der Waals surface area contributed by atoms with Gasteiger partial charge in [-0.3, -0.25) is 0 Å². The molecule has 3 heteroatoms. The van der Waals surface area contributed by atoms with Gasteiger partial charge in [0.25, 0.3) is 0 Å². The third-order valence-electron chi connectivity index (χ3n) is 2.25. The van der Waals surface area contributed by atoms with Crippen molar-refractivity contribution >= 4 is 18.6 Å². The highest BCUT2D eigenvalue weighted by molar-refractivity contribution is 7.80. The Morgan fingerprint density at radius 1 is 1.43 bits per heavy atom. The maximum atomic E-state index is 11.0. The number of carbonyl (C=O) groups is 1. The molecule has 1 N–H and O–H groups in total. The molecule has 0 fully saturated rings. The van der Waals surface area contributed by atoms with Gasteiger partial charge in [0, 0.05) is 4.90 Å². The summed E-state index contributed by atoms with van der Waals surface area (Å²) in [5, 5.41) is 9.00. The topological polar surface area (TPSA) is 37.3 Å². The van der Waals surface area contributed by atoms with Crippen LogP contribution in [0.1, 0.15) is 41.3 Å². The van der Waals surface area contributed by atoms with Crippen LogP contribution < -0.4 is 0 Å². The van der Waals surface area contributed by atoms with Crippen LogP contribution in [0.3, 0.4) is 0 Å². The van der Waals surface area contributed by atoms with Gasteiger partial charge in [-0.05, 0) is 24.0 Å². The number of thiol groups is 1. The molecule has 0 saturated carbocycles. The highest BCUT2D eigenvalue weighted by Crippen LogP contribution is 2.28. The number of aryl methyl sites for hydroxylation is 1. The van der Waals surface area contributed by atoms with Crippen molar-refractivity contribution < 1.29 is 9.90 Å². The fourth-order valence-electron chi connectivity index (χ4n) is 1.44. The van der Waals surface area contributed by atoms with Gasteiger partial charge in [-0.2, -0.15) is 0 Å². The molecule has 1 rings (SSSR count). The molecule has 14 heavy (non-hydrogen) atoms. The average Bonchev–Trinajstić information content (AvgIpc) is 2.02. The number of hydrogen-bond acceptors (Lipinski definition) is 2. The van der Waals surface area contributed by atoms with Crippen molar-refractivity contribution in [2.45, 2.75) is 31.6 Å². The summed E-state index contributed by atoms with van der Waals surface area (Å²) in [6.45, 7) is 5.83. The molecule has 0 aromatic heterocycles. The van der Waals surface area contributed by atoms with E-state index in [0.717, 1.165) is 11.1 Å². The highest BCUT2D eigenvalue weighted by Gasteiger charge is 2.15. The molecule has 2 nitrogen and oxygen atoms in total. The van der Waals surface area contributed by atoms with E-state index < -0.39 is 5.97 Å². The molecule has 0 aliphatic heterocycles. The number of hydrogen-bond donors (Lipinski definition) is 2. The van der Waals surface area contributed by atoms with E-state index in [9.17, 15) is 4.79 Å². The molecule has 0 bridgehead atoms. The first-order valence-electron chi connectivity index (χ1n) is 4.51. The first kappa shape index (κ1) is 11.1. The number of benzene rings is 1. The second kappa shape index (κ2) is 4.05. The minimum Gasteiger partial charge on any atom is -0.478 e. The van der Waals surface area contributed by atoms with Crippen molar-refractivity contribution in [3.63, 3.8) is 0 Å². The molecule has 0 radical (unpaired) electrons. The van der Waals surface area contributed by atoms with E-state index in [1.54, 1.807) is 6.92 Å². The second-order valence-electron chi connectivity index (χ2n) is 3.66. The van der Waals surface area contributed by atoms with Gasteiger partial charge >= 0.3 is 5.97 Å². The zero-order chi connectivity index (χ0) is 10.9. The third-order valence-corrected chi connectivity index (χ3v) is 2.74.